The Kier molecular flexibility index (Phi) is 3.15. The molecule has 0 radical (unpaired) electrons. The van der Waals surface area contributed by atoms with Gasteiger partial charge in [0.25, 0.3) is 0 Å². The Morgan fingerprint density at radius 3 is 2.62 bits per heavy atom. The quantitative estimate of drug-likeness (QED) is 0.871. The Bertz CT molecular complexity index is 671. The molecule has 0 unspecified atom stereocenters. The minimum atomic E-state index is -4.72. The molecule has 112 valence electrons. The highest BCUT2D eigenvalue weighted by molar-refractivity contribution is 5.46. The lowest BCUT2D eigenvalue weighted by Gasteiger charge is -2.13. The zero-order valence-corrected chi connectivity index (χ0v) is 11.2. The number of nitrogens with zero attached hydrogens (tertiary/aromatic N) is 2. The normalized spacial score (nSPS) is 15.3. The van der Waals surface area contributed by atoms with Crippen LogP contribution in [-0.2, 0) is 6.18 Å². The third-order valence-electron chi connectivity index (χ3n) is 3.27. The van der Waals surface area contributed by atoms with Crippen LogP contribution in [0.25, 0.3) is 5.69 Å². The lowest BCUT2D eigenvalue weighted by molar-refractivity contribution is -0.140. The van der Waals surface area contributed by atoms with E-state index in [1.807, 2.05) is 0 Å². The molecular formula is C14H13F4N3. The monoisotopic (exact) mass is 299 g/mol. The number of benzene rings is 1. The third kappa shape index (κ3) is 2.86. The Morgan fingerprint density at radius 1 is 1.29 bits per heavy atom. The number of aryl methyl sites for hydroxylation is 1. The van der Waals surface area contributed by atoms with Gasteiger partial charge in [-0.3, -0.25) is 4.57 Å². The lowest BCUT2D eigenvalue weighted by Crippen LogP contribution is -2.11. The largest absolute Gasteiger partial charge is 0.419 e. The van der Waals surface area contributed by atoms with Gasteiger partial charge in [0, 0.05) is 17.9 Å². The van der Waals surface area contributed by atoms with Crippen LogP contribution in [0.4, 0.5) is 23.5 Å². The molecule has 1 aliphatic rings. The highest BCUT2D eigenvalue weighted by Gasteiger charge is 2.34. The van der Waals surface area contributed by atoms with Gasteiger partial charge in [-0.2, -0.15) is 13.2 Å². The van der Waals surface area contributed by atoms with E-state index in [9.17, 15) is 17.6 Å². The highest BCUT2D eigenvalue weighted by atomic mass is 19.4. The summed E-state index contributed by atoms with van der Waals surface area (Å²) >= 11 is 0. The summed E-state index contributed by atoms with van der Waals surface area (Å²) in [5.74, 6) is -0.797. The summed E-state index contributed by atoms with van der Waals surface area (Å²) in [7, 11) is 0. The van der Waals surface area contributed by atoms with Crippen molar-refractivity contribution < 1.29 is 17.6 Å². The van der Waals surface area contributed by atoms with Crippen LogP contribution >= 0.6 is 0 Å². The van der Waals surface area contributed by atoms with Gasteiger partial charge in [0.05, 0.1) is 11.3 Å². The van der Waals surface area contributed by atoms with E-state index in [-0.39, 0.29) is 5.69 Å². The van der Waals surface area contributed by atoms with Crippen LogP contribution in [0, 0.1) is 12.7 Å². The molecule has 1 aromatic heterocycles. The van der Waals surface area contributed by atoms with Crippen LogP contribution in [0.1, 0.15) is 24.1 Å². The molecule has 1 aliphatic carbocycles. The molecule has 1 saturated carbocycles. The fourth-order valence-electron chi connectivity index (χ4n) is 2.09. The number of halogens is 4. The first-order chi connectivity index (χ1) is 9.84. The summed E-state index contributed by atoms with van der Waals surface area (Å²) in [5, 5.41) is 3.15. The van der Waals surface area contributed by atoms with Gasteiger partial charge in [0.15, 0.2) is 0 Å². The Labute approximate surface area is 118 Å². The molecule has 3 rings (SSSR count). The van der Waals surface area contributed by atoms with Gasteiger partial charge in [-0.1, -0.05) is 0 Å². The van der Waals surface area contributed by atoms with E-state index in [2.05, 4.69) is 10.3 Å². The molecule has 0 aliphatic heterocycles. The predicted molar refractivity (Wildman–Crippen MR) is 69.9 cm³/mol. The molecule has 2 aromatic rings. The van der Waals surface area contributed by atoms with Gasteiger partial charge >= 0.3 is 6.18 Å². The number of alkyl halides is 3. The fourth-order valence-corrected chi connectivity index (χ4v) is 2.09. The molecule has 0 saturated heterocycles. The summed E-state index contributed by atoms with van der Waals surface area (Å²) in [4.78, 5) is 4.26. The smallest absolute Gasteiger partial charge is 0.353 e. The van der Waals surface area contributed by atoms with E-state index in [0.29, 0.717) is 17.7 Å². The molecular weight excluding hydrogens is 286 g/mol. The molecule has 0 atom stereocenters. The van der Waals surface area contributed by atoms with E-state index in [1.165, 1.54) is 10.6 Å². The number of aromatic nitrogens is 2. The highest BCUT2D eigenvalue weighted by Crippen LogP contribution is 2.33. The van der Waals surface area contributed by atoms with Gasteiger partial charge in [0.2, 0.25) is 5.95 Å². The van der Waals surface area contributed by atoms with Crippen molar-refractivity contribution in [2.45, 2.75) is 32.0 Å². The van der Waals surface area contributed by atoms with Crippen molar-refractivity contribution in [3.63, 3.8) is 0 Å². The van der Waals surface area contributed by atoms with Crippen LogP contribution in [0.5, 0.6) is 0 Å². The van der Waals surface area contributed by atoms with Crippen molar-refractivity contribution in [3.05, 3.63) is 41.5 Å². The second-order valence-corrected chi connectivity index (χ2v) is 5.16. The van der Waals surface area contributed by atoms with Gasteiger partial charge in [-0.05, 0) is 38.0 Å². The predicted octanol–water partition coefficient (Wildman–Crippen LogP) is 3.91. The van der Waals surface area contributed by atoms with Gasteiger partial charge in [-0.25, -0.2) is 9.37 Å². The molecule has 7 heteroatoms. The molecule has 3 nitrogen and oxygen atoms in total. The average Bonchev–Trinajstić information content (AvgIpc) is 3.11. The van der Waals surface area contributed by atoms with Crippen LogP contribution in [0.3, 0.4) is 0 Å². The Balaban J connectivity index is 2.04. The van der Waals surface area contributed by atoms with E-state index < -0.39 is 17.6 Å². The number of nitrogens with one attached hydrogen (secondary N) is 1. The number of imidazole rings is 1. The average molecular weight is 299 g/mol. The van der Waals surface area contributed by atoms with Gasteiger partial charge < -0.3 is 5.32 Å². The van der Waals surface area contributed by atoms with E-state index in [1.54, 1.807) is 13.1 Å². The Hall–Kier alpha value is -2.05. The first kappa shape index (κ1) is 13.9. The standard InChI is InChI=1S/C14H13F4N3/c1-8-7-21(13(19-8)20-9-2-3-9)10-4-5-12(15)11(6-10)14(16,17)18/h4-7,9H,2-3H2,1H3,(H,19,20). The molecule has 1 heterocycles. The van der Waals surface area contributed by atoms with Gasteiger partial charge in [-0.15, -0.1) is 0 Å². The van der Waals surface area contributed by atoms with Crippen molar-refractivity contribution in [1.82, 2.24) is 9.55 Å². The van der Waals surface area contributed by atoms with Crippen molar-refractivity contribution in [2.24, 2.45) is 0 Å². The maximum absolute atomic E-state index is 13.3. The molecule has 0 bridgehead atoms. The zero-order valence-electron chi connectivity index (χ0n) is 11.2. The topological polar surface area (TPSA) is 29.9 Å². The number of hydrogen-bond donors (Lipinski definition) is 1. The molecule has 1 N–H and O–H groups in total. The van der Waals surface area contributed by atoms with Crippen LogP contribution in [0.2, 0.25) is 0 Å². The van der Waals surface area contributed by atoms with Crippen LogP contribution < -0.4 is 5.32 Å². The first-order valence-corrected chi connectivity index (χ1v) is 6.54. The van der Waals surface area contributed by atoms with E-state index in [0.717, 1.165) is 25.0 Å². The summed E-state index contributed by atoms with van der Waals surface area (Å²) < 4.78 is 53.2. The maximum atomic E-state index is 13.3. The van der Waals surface area contributed by atoms with Crippen molar-refractivity contribution in [1.29, 1.82) is 0 Å². The van der Waals surface area contributed by atoms with Gasteiger partial charge in [0.1, 0.15) is 5.82 Å². The minimum Gasteiger partial charge on any atom is -0.353 e. The number of hydrogen-bond acceptors (Lipinski definition) is 2. The summed E-state index contributed by atoms with van der Waals surface area (Å²) in [6, 6.07) is 3.25. The van der Waals surface area contributed by atoms with Crippen LogP contribution in [-0.4, -0.2) is 15.6 Å². The first-order valence-electron chi connectivity index (χ1n) is 6.54. The maximum Gasteiger partial charge on any atom is 0.419 e. The number of rotatable bonds is 3. The van der Waals surface area contributed by atoms with Crippen molar-refractivity contribution in [3.8, 4) is 5.69 Å². The third-order valence-corrected chi connectivity index (χ3v) is 3.27. The van der Waals surface area contributed by atoms with E-state index in [4.69, 9.17) is 0 Å². The second-order valence-electron chi connectivity index (χ2n) is 5.16. The summed E-state index contributed by atoms with van der Waals surface area (Å²) in [6.07, 6.45) is -1.07. The molecule has 1 fully saturated rings. The fraction of sp³-hybridized carbons (Fsp3) is 0.357. The Morgan fingerprint density at radius 2 is 2.00 bits per heavy atom. The molecule has 21 heavy (non-hydrogen) atoms. The summed E-state index contributed by atoms with van der Waals surface area (Å²) in [5.41, 5.74) is -0.368. The van der Waals surface area contributed by atoms with E-state index >= 15 is 0 Å². The molecule has 0 spiro atoms. The minimum absolute atomic E-state index is 0.229. The summed E-state index contributed by atoms with van der Waals surface area (Å²) in [6.45, 7) is 1.75. The van der Waals surface area contributed by atoms with Crippen molar-refractivity contribution in [2.75, 3.05) is 5.32 Å². The zero-order chi connectivity index (χ0) is 15.2. The van der Waals surface area contributed by atoms with Crippen LogP contribution in [0.15, 0.2) is 24.4 Å². The SMILES string of the molecule is Cc1cn(-c2ccc(F)c(C(F)(F)F)c2)c(NC2CC2)n1. The number of anilines is 1. The second kappa shape index (κ2) is 4.75. The van der Waals surface area contributed by atoms with Crippen molar-refractivity contribution >= 4 is 5.95 Å². The molecule has 1 aromatic carbocycles. The molecule has 0 amide bonds. The lowest BCUT2D eigenvalue weighted by atomic mass is 10.2.